The van der Waals surface area contributed by atoms with Gasteiger partial charge in [0.25, 0.3) is 0 Å². The van der Waals surface area contributed by atoms with Crippen molar-refractivity contribution < 1.29 is 19.0 Å². The number of nitrogens with one attached hydrogen (secondary N) is 1. The molecule has 1 aliphatic heterocycles. The van der Waals surface area contributed by atoms with Gasteiger partial charge in [-0.1, -0.05) is 19.1 Å². The summed E-state index contributed by atoms with van der Waals surface area (Å²) in [5.41, 5.74) is 5.90. The van der Waals surface area contributed by atoms with Crippen LogP contribution in [0.4, 0.5) is 4.39 Å². The Kier molecular flexibility index (Phi) is 4.96. The van der Waals surface area contributed by atoms with E-state index in [1.54, 1.807) is 30.5 Å². The first-order valence-electron chi connectivity index (χ1n) is 11.6. The highest BCUT2D eigenvalue weighted by atomic mass is 19.1. The zero-order chi connectivity index (χ0) is 24.2. The Labute approximate surface area is 201 Å². The first-order valence-corrected chi connectivity index (χ1v) is 11.6. The second kappa shape index (κ2) is 8.06. The Morgan fingerprint density at radius 1 is 1.09 bits per heavy atom. The molecule has 3 heterocycles. The number of aromatic nitrogens is 3. The van der Waals surface area contributed by atoms with E-state index in [-0.39, 0.29) is 16.8 Å². The van der Waals surface area contributed by atoms with Crippen LogP contribution in [0.5, 0.6) is 0 Å². The number of carboxylic acids is 1. The molecule has 6 nitrogen and oxygen atoms in total. The molecule has 0 spiro atoms. The predicted molar refractivity (Wildman–Crippen MR) is 133 cm³/mol. The molecule has 176 valence electrons. The van der Waals surface area contributed by atoms with Gasteiger partial charge in [-0.2, -0.15) is 5.10 Å². The molecule has 0 unspecified atom stereocenters. The molecule has 0 saturated carbocycles. The van der Waals surface area contributed by atoms with E-state index in [4.69, 9.17) is 4.74 Å². The second-order valence-corrected chi connectivity index (χ2v) is 9.42. The molecule has 1 fully saturated rings. The van der Waals surface area contributed by atoms with Crippen LogP contribution >= 0.6 is 0 Å². The van der Waals surface area contributed by atoms with E-state index in [0.29, 0.717) is 13.2 Å². The van der Waals surface area contributed by atoms with Crippen LogP contribution < -0.4 is 0 Å². The molecule has 2 aromatic heterocycles. The lowest BCUT2D eigenvalue weighted by Crippen LogP contribution is -2.33. The lowest BCUT2D eigenvalue weighted by molar-refractivity contribution is 0.0548. The van der Waals surface area contributed by atoms with Crippen LogP contribution in [-0.4, -0.2) is 39.1 Å². The molecule has 0 aliphatic carbocycles. The van der Waals surface area contributed by atoms with Crippen molar-refractivity contribution in [1.82, 2.24) is 14.8 Å². The number of aromatic amines is 1. The van der Waals surface area contributed by atoms with Crippen LogP contribution in [0, 0.1) is 5.82 Å². The summed E-state index contributed by atoms with van der Waals surface area (Å²) in [7, 11) is 0. The van der Waals surface area contributed by atoms with Crippen molar-refractivity contribution in [1.29, 1.82) is 0 Å². The Morgan fingerprint density at radius 2 is 1.80 bits per heavy atom. The average Bonchev–Trinajstić information content (AvgIpc) is 3.46. The maximum atomic E-state index is 13.9. The number of H-pyrrole nitrogens is 1. The molecule has 35 heavy (non-hydrogen) atoms. The normalized spacial score (nSPS) is 15.6. The van der Waals surface area contributed by atoms with Gasteiger partial charge in [0, 0.05) is 46.3 Å². The van der Waals surface area contributed by atoms with Gasteiger partial charge in [-0.15, -0.1) is 0 Å². The zero-order valence-electron chi connectivity index (χ0n) is 19.2. The number of hydrogen-bond donors (Lipinski definition) is 2. The van der Waals surface area contributed by atoms with Gasteiger partial charge >= 0.3 is 5.97 Å². The van der Waals surface area contributed by atoms with Gasteiger partial charge in [0.15, 0.2) is 0 Å². The number of halogens is 1. The number of nitrogens with zero attached hydrogens (tertiary/aromatic N) is 2. The van der Waals surface area contributed by atoms with E-state index < -0.39 is 5.97 Å². The monoisotopic (exact) mass is 469 g/mol. The van der Waals surface area contributed by atoms with Crippen molar-refractivity contribution >= 4 is 27.8 Å². The van der Waals surface area contributed by atoms with Crippen molar-refractivity contribution in [3.8, 4) is 16.8 Å². The predicted octanol–water partition coefficient (Wildman–Crippen LogP) is 6.08. The Morgan fingerprint density at radius 3 is 2.49 bits per heavy atom. The molecular weight excluding hydrogens is 445 g/mol. The minimum Gasteiger partial charge on any atom is -0.478 e. The summed E-state index contributed by atoms with van der Waals surface area (Å²) < 4.78 is 21.9. The molecule has 2 N–H and O–H groups in total. The van der Waals surface area contributed by atoms with Crippen LogP contribution in [-0.2, 0) is 10.2 Å². The van der Waals surface area contributed by atoms with E-state index >= 15 is 0 Å². The quantitative estimate of drug-likeness (QED) is 0.334. The van der Waals surface area contributed by atoms with Crippen LogP contribution in [0.1, 0.15) is 35.8 Å². The van der Waals surface area contributed by atoms with Crippen molar-refractivity contribution in [3.05, 3.63) is 83.9 Å². The number of ether oxygens (including phenoxy) is 1. The molecule has 5 aromatic rings. The summed E-state index contributed by atoms with van der Waals surface area (Å²) in [5.74, 6) is -1.24. The fourth-order valence-electron chi connectivity index (χ4n) is 5.28. The highest BCUT2D eigenvalue weighted by molar-refractivity contribution is 6.06. The molecule has 1 aliphatic rings. The maximum absolute atomic E-state index is 13.9. The van der Waals surface area contributed by atoms with Gasteiger partial charge in [-0.3, -0.25) is 5.10 Å². The van der Waals surface area contributed by atoms with E-state index in [0.717, 1.165) is 57.2 Å². The third-order valence-electron chi connectivity index (χ3n) is 7.20. The van der Waals surface area contributed by atoms with Crippen molar-refractivity contribution in [3.63, 3.8) is 0 Å². The summed E-state index contributed by atoms with van der Waals surface area (Å²) >= 11 is 0. The first kappa shape index (κ1) is 21.6. The lowest BCUT2D eigenvalue weighted by Gasteiger charge is -2.36. The molecule has 0 bridgehead atoms. The average molecular weight is 470 g/mol. The van der Waals surface area contributed by atoms with E-state index in [1.807, 2.05) is 12.1 Å². The number of aromatic carboxylic acids is 1. The SMILES string of the molecule is CC1(c2c(-c3ccc(C(=O)O)cc3)c3cc4[nH]ncc4cc3n2-c2ccc(F)cc2)CCOCC1. The third kappa shape index (κ3) is 3.51. The van der Waals surface area contributed by atoms with E-state index in [9.17, 15) is 14.3 Å². The number of fused-ring (bicyclic) bond motifs is 2. The van der Waals surface area contributed by atoms with Gasteiger partial charge < -0.3 is 14.4 Å². The molecule has 0 atom stereocenters. The largest absolute Gasteiger partial charge is 0.478 e. The van der Waals surface area contributed by atoms with E-state index in [2.05, 4.69) is 33.8 Å². The number of rotatable bonds is 4. The summed E-state index contributed by atoms with van der Waals surface area (Å²) in [6.45, 7) is 3.57. The summed E-state index contributed by atoms with van der Waals surface area (Å²) in [6, 6.07) is 17.8. The Bertz CT molecular complexity index is 1560. The van der Waals surface area contributed by atoms with Crippen LogP contribution in [0.15, 0.2) is 66.9 Å². The standard InChI is InChI=1S/C28H24FN3O3/c1-28(10-12-35-13-11-28)26-25(17-2-4-18(5-3-17)27(33)34)22-15-23-19(16-30-31-23)14-24(22)32(26)21-8-6-20(29)7-9-21/h2-9,14-16H,10-13H2,1H3,(H,30,31)(H,33,34). The van der Waals surface area contributed by atoms with Gasteiger partial charge in [0.2, 0.25) is 0 Å². The van der Waals surface area contributed by atoms with Crippen molar-refractivity contribution in [2.45, 2.75) is 25.2 Å². The Hall–Kier alpha value is -3.97. The minimum absolute atomic E-state index is 0.210. The molecule has 7 heteroatoms. The highest BCUT2D eigenvalue weighted by Gasteiger charge is 2.37. The lowest BCUT2D eigenvalue weighted by atomic mass is 9.76. The fraction of sp³-hybridized carbons (Fsp3) is 0.214. The van der Waals surface area contributed by atoms with Crippen molar-refractivity contribution in [2.75, 3.05) is 13.2 Å². The molecule has 1 saturated heterocycles. The van der Waals surface area contributed by atoms with Crippen LogP contribution in [0.3, 0.4) is 0 Å². The highest BCUT2D eigenvalue weighted by Crippen LogP contribution is 2.47. The topological polar surface area (TPSA) is 80.1 Å². The van der Waals surface area contributed by atoms with Gasteiger partial charge in [0.05, 0.1) is 22.8 Å². The summed E-state index contributed by atoms with van der Waals surface area (Å²) in [4.78, 5) is 11.5. The van der Waals surface area contributed by atoms with Crippen LogP contribution in [0.2, 0.25) is 0 Å². The molecule has 3 aromatic carbocycles. The molecule has 0 radical (unpaired) electrons. The zero-order valence-corrected chi connectivity index (χ0v) is 19.2. The van der Waals surface area contributed by atoms with Crippen LogP contribution in [0.25, 0.3) is 38.6 Å². The molecule has 6 rings (SSSR count). The smallest absolute Gasteiger partial charge is 0.335 e. The number of benzene rings is 3. The number of carboxylic acid groups (broad SMARTS) is 1. The van der Waals surface area contributed by atoms with Gasteiger partial charge in [0.1, 0.15) is 5.82 Å². The second-order valence-electron chi connectivity index (χ2n) is 9.42. The number of carbonyl (C=O) groups is 1. The van der Waals surface area contributed by atoms with Gasteiger partial charge in [-0.05, 0) is 66.9 Å². The summed E-state index contributed by atoms with van der Waals surface area (Å²) in [6.07, 6.45) is 3.47. The number of hydrogen-bond acceptors (Lipinski definition) is 3. The summed E-state index contributed by atoms with van der Waals surface area (Å²) in [5, 5.41) is 18.7. The fourth-order valence-corrected chi connectivity index (χ4v) is 5.28. The van der Waals surface area contributed by atoms with Gasteiger partial charge in [-0.25, -0.2) is 9.18 Å². The minimum atomic E-state index is -0.957. The molecular formula is C28H24FN3O3. The molecule has 0 amide bonds. The third-order valence-corrected chi connectivity index (χ3v) is 7.20. The van der Waals surface area contributed by atoms with E-state index in [1.165, 1.54) is 12.1 Å². The van der Waals surface area contributed by atoms with Crippen molar-refractivity contribution in [2.24, 2.45) is 0 Å². The maximum Gasteiger partial charge on any atom is 0.335 e. The first-order chi connectivity index (χ1) is 16.9. The Balaban J connectivity index is 1.74.